The highest BCUT2D eigenvalue weighted by molar-refractivity contribution is 7.96. The Labute approximate surface area is 470 Å². The minimum atomic E-state index is -1.72. The van der Waals surface area contributed by atoms with Crippen LogP contribution in [0.15, 0.2) is 229 Å². The summed E-state index contributed by atoms with van der Waals surface area (Å²) in [6, 6.07) is 67.3. The van der Waals surface area contributed by atoms with Crippen molar-refractivity contribution in [3.8, 4) is 0 Å². The van der Waals surface area contributed by atoms with Crippen LogP contribution in [-0.4, -0.2) is 35.5 Å². The minimum absolute atomic E-state index is 0.00309. The summed E-state index contributed by atoms with van der Waals surface area (Å²) in [5.74, 6) is -0.00658. The first kappa shape index (κ1) is 61.0. The lowest BCUT2D eigenvalue weighted by atomic mass is 9.91. The van der Waals surface area contributed by atoms with Crippen LogP contribution in [0.25, 0.3) is 0 Å². The number of benzene rings is 6. The Morgan fingerprint density at radius 2 is 0.667 bits per heavy atom. The number of hydrogen-bond donors (Lipinski definition) is 0. The van der Waals surface area contributed by atoms with E-state index in [1.54, 1.807) is 6.92 Å². The predicted molar refractivity (Wildman–Crippen MR) is 338 cm³/mol. The lowest BCUT2D eigenvalue weighted by molar-refractivity contribution is -0.115. The van der Waals surface area contributed by atoms with E-state index in [0.717, 1.165) is 12.8 Å². The second-order valence-electron chi connectivity index (χ2n) is 21.2. The van der Waals surface area contributed by atoms with E-state index in [9.17, 15) is 19.2 Å². The molecule has 2 aliphatic rings. The maximum absolute atomic E-state index is 11.9. The number of rotatable bonds is 27. The van der Waals surface area contributed by atoms with E-state index in [0.29, 0.717) is 23.1 Å². The maximum Gasteiger partial charge on any atom is 0.182 e. The first-order valence-electron chi connectivity index (χ1n) is 29.2. The molecule has 6 aromatic carbocycles. The summed E-state index contributed by atoms with van der Waals surface area (Å²) >= 11 is 0. The van der Waals surface area contributed by atoms with Crippen molar-refractivity contribution in [3.63, 3.8) is 0 Å². The number of allylic oxidation sites excluding steroid dienone is 8. The molecule has 0 unspecified atom stereocenters. The highest BCUT2D eigenvalue weighted by atomic mass is 31.2. The van der Waals surface area contributed by atoms with Gasteiger partial charge in [0, 0.05) is 16.7 Å². The SMILES string of the molecule is CC1=CC(=O)C(C(C)C)=CC1=O.CCCCCCCCCCC[P+](c1ccccc1)(c1ccccc1)c1ccccc1.O=C1C=CC(=O)C(CCCCCCCCC[P+](c2ccccc2)(c2ccccc2)c2ccccc2)=C1. The zero-order valence-electron chi connectivity index (χ0n) is 47.2. The molecule has 4 nitrogen and oxygen atoms in total. The summed E-state index contributed by atoms with van der Waals surface area (Å²) in [6.07, 6.45) is 30.9. The molecule has 0 saturated heterocycles. The zero-order valence-corrected chi connectivity index (χ0v) is 49.0. The predicted octanol–water partition coefficient (Wildman–Crippen LogP) is 15.9. The van der Waals surface area contributed by atoms with Crippen molar-refractivity contribution in [2.75, 3.05) is 12.3 Å². The molecule has 0 radical (unpaired) electrons. The van der Waals surface area contributed by atoms with Crippen molar-refractivity contribution in [2.24, 2.45) is 5.92 Å². The first-order valence-corrected chi connectivity index (χ1v) is 33.1. The summed E-state index contributed by atoms with van der Waals surface area (Å²) in [7, 11) is -3.34. The number of unbranched alkanes of at least 4 members (excludes halogenated alkanes) is 14. The first-order chi connectivity index (χ1) is 38.1. The largest absolute Gasteiger partial charge is 0.290 e. The molecule has 0 aromatic heterocycles. The summed E-state index contributed by atoms with van der Waals surface area (Å²) in [6.45, 7) is 7.77. The highest BCUT2D eigenvalue weighted by Crippen LogP contribution is 2.57. The normalized spacial score (nSPS) is 13.5. The van der Waals surface area contributed by atoms with E-state index < -0.39 is 14.5 Å². The molecule has 0 bridgehead atoms. The van der Waals surface area contributed by atoms with Crippen LogP contribution in [0.2, 0.25) is 0 Å². The van der Waals surface area contributed by atoms with Gasteiger partial charge in [0.15, 0.2) is 23.1 Å². The van der Waals surface area contributed by atoms with Crippen molar-refractivity contribution >= 4 is 69.5 Å². The van der Waals surface area contributed by atoms with E-state index >= 15 is 0 Å². The maximum atomic E-state index is 11.9. The van der Waals surface area contributed by atoms with Gasteiger partial charge in [0.25, 0.3) is 0 Å². The summed E-state index contributed by atoms with van der Waals surface area (Å²) < 4.78 is 0. The van der Waals surface area contributed by atoms with E-state index in [4.69, 9.17) is 0 Å². The molecular formula is C72H86O4P2+2. The quantitative estimate of drug-likeness (QED) is 0.0293. The molecule has 8 rings (SSSR count). The smallest absolute Gasteiger partial charge is 0.182 e. The van der Waals surface area contributed by atoms with Gasteiger partial charge in [-0.1, -0.05) is 201 Å². The van der Waals surface area contributed by atoms with Crippen LogP contribution in [0.5, 0.6) is 0 Å². The van der Waals surface area contributed by atoms with E-state index in [1.807, 2.05) is 13.8 Å². The van der Waals surface area contributed by atoms with Gasteiger partial charge in [0.2, 0.25) is 0 Å². The van der Waals surface area contributed by atoms with Crippen molar-refractivity contribution < 1.29 is 19.2 Å². The third-order valence-corrected chi connectivity index (χ3v) is 24.2. The van der Waals surface area contributed by atoms with Gasteiger partial charge in [-0.3, -0.25) is 19.2 Å². The second kappa shape index (κ2) is 33.3. The van der Waals surface area contributed by atoms with Crippen LogP contribution in [0.3, 0.4) is 0 Å². The number of carbonyl (C=O) groups excluding carboxylic acids is 4. The van der Waals surface area contributed by atoms with Crippen LogP contribution >= 0.6 is 14.5 Å². The number of hydrogen-bond acceptors (Lipinski definition) is 4. The summed E-state index contributed by atoms with van der Waals surface area (Å²) in [4.78, 5) is 45.8. The summed E-state index contributed by atoms with van der Waals surface area (Å²) in [5, 5.41) is 8.93. The van der Waals surface area contributed by atoms with Crippen LogP contribution in [0, 0.1) is 5.92 Å². The molecule has 0 amide bonds. The second-order valence-corrected chi connectivity index (χ2v) is 28.4. The summed E-state index contributed by atoms with van der Waals surface area (Å²) in [5.41, 5.74) is 1.82. The Morgan fingerprint density at radius 3 is 1.00 bits per heavy atom. The molecule has 0 saturated carbocycles. The lowest BCUT2D eigenvalue weighted by Crippen LogP contribution is -2.33. The minimum Gasteiger partial charge on any atom is -0.290 e. The Hall–Kier alpha value is -6.18. The Morgan fingerprint density at radius 1 is 0.346 bits per heavy atom. The Bertz CT molecular complexity index is 2680. The van der Waals surface area contributed by atoms with Gasteiger partial charge in [0.1, 0.15) is 46.4 Å². The standard InChI is InChI=1S/C33H36O2P.C29H38P.C10H12O2/c34-29-24-25-33(35)28(27-29)17-9-4-2-1-3-5-16-26-36(30-18-10-6-11-19-30,31-20-12-7-13-21-31)32-22-14-8-15-23-32;1-2-3-4-5-6-7-8-9-19-26-30(27-20-13-10-14-21-27,28-22-15-11-16-23-28)29-24-17-12-18-25-29;1-6(2)8-5-9(11)7(3)4-10(8)12/h6-8,10-15,18-25,27H,1-5,9,16-17,26H2;10-18,20-25H,2-9,19,26H2,1H3;4-6H,1-3H3/q2*+1;. The highest BCUT2D eigenvalue weighted by Gasteiger charge is 2.45. The zero-order chi connectivity index (χ0) is 55.3. The van der Waals surface area contributed by atoms with Gasteiger partial charge in [-0.2, -0.15) is 0 Å². The van der Waals surface area contributed by atoms with Gasteiger partial charge in [-0.05, 0) is 155 Å². The van der Waals surface area contributed by atoms with Crippen LogP contribution < -0.4 is 31.8 Å². The van der Waals surface area contributed by atoms with Crippen molar-refractivity contribution in [1.82, 2.24) is 0 Å². The average molecular weight is 1080 g/mol. The molecule has 406 valence electrons. The number of ketones is 4. The molecule has 0 spiro atoms. The van der Waals surface area contributed by atoms with E-state index in [1.165, 1.54) is 164 Å². The van der Waals surface area contributed by atoms with Crippen LogP contribution in [-0.2, 0) is 19.2 Å². The van der Waals surface area contributed by atoms with Crippen LogP contribution in [0.4, 0.5) is 0 Å². The number of carbonyl (C=O) groups is 4. The molecule has 6 aromatic rings. The van der Waals surface area contributed by atoms with Crippen molar-refractivity contribution in [3.05, 3.63) is 229 Å². The Balaban J connectivity index is 0.000000211. The van der Waals surface area contributed by atoms with Crippen molar-refractivity contribution in [2.45, 2.75) is 137 Å². The molecule has 0 aliphatic heterocycles. The van der Waals surface area contributed by atoms with E-state index in [-0.39, 0.29) is 29.1 Å². The molecule has 0 heterocycles. The molecule has 0 fully saturated rings. The monoisotopic (exact) mass is 1080 g/mol. The average Bonchev–Trinajstić information content (AvgIpc) is 3.61. The fraction of sp³-hybridized carbons (Fsp3) is 0.333. The third-order valence-electron chi connectivity index (χ3n) is 15.2. The third kappa shape index (κ3) is 17.9. The molecule has 0 N–H and O–H groups in total. The molecular weight excluding hydrogens is 991 g/mol. The van der Waals surface area contributed by atoms with E-state index in [2.05, 4.69) is 189 Å². The van der Waals surface area contributed by atoms with Gasteiger partial charge >= 0.3 is 0 Å². The molecule has 2 aliphatic carbocycles. The van der Waals surface area contributed by atoms with Gasteiger partial charge in [-0.25, -0.2) is 0 Å². The molecule has 78 heavy (non-hydrogen) atoms. The van der Waals surface area contributed by atoms with Crippen LogP contribution in [0.1, 0.15) is 137 Å². The fourth-order valence-electron chi connectivity index (χ4n) is 10.9. The fourth-order valence-corrected chi connectivity index (χ4v) is 19.7. The topological polar surface area (TPSA) is 68.3 Å². The molecule has 6 heteroatoms. The molecule has 0 atom stereocenters. The van der Waals surface area contributed by atoms with Gasteiger partial charge < -0.3 is 0 Å². The van der Waals surface area contributed by atoms with Gasteiger partial charge in [-0.15, -0.1) is 0 Å². The van der Waals surface area contributed by atoms with Gasteiger partial charge in [0.05, 0.1) is 12.3 Å². The lowest BCUT2D eigenvalue weighted by Gasteiger charge is -2.27. The Kier molecular flexibility index (Phi) is 26.1. The van der Waals surface area contributed by atoms with Crippen molar-refractivity contribution in [1.29, 1.82) is 0 Å².